The summed E-state index contributed by atoms with van der Waals surface area (Å²) in [6.45, 7) is 2.76. The number of nitrogens with one attached hydrogen (secondary N) is 1. The number of benzene rings is 2. The lowest BCUT2D eigenvalue weighted by atomic mass is 9.82. The van der Waals surface area contributed by atoms with Crippen LogP contribution in [-0.2, 0) is 22.6 Å². The highest BCUT2D eigenvalue weighted by atomic mass is 35.5. The molecule has 1 aromatic heterocycles. The molecule has 3 aromatic rings. The lowest BCUT2D eigenvalue weighted by molar-refractivity contribution is -0.140. The van der Waals surface area contributed by atoms with Gasteiger partial charge in [-0.2, -0.15) is 0 Å². The van der Waals surface area contributed by atoms with Crippen molar-refractivity contribution in [3.05, 3.63) is 75.1 Å². The van der Waals surface area contributed by atoms with Crippen molar-refractivity contribution in [1.82, 2.24) is 5.32 Å². The van der Waals surface area contributed by atoms with Crippen molar-refractivity contribution in [2.45, 2.75) is 52.1 Å². The van der Waals surface area contributed by atoms with E-state index in [-0.39, 0.29) is 30.2 Å². The predicted molar refractivity (Wildman–Crippen MR) is 137 cm³/mol. The average Bonchev–Trinajstić information content (AvgIpc) is 2.88. The highest BCUT2D eigenvalue weighted by Gasteiger charge is 2.28. The van der Waals surface area contributed by atoms with Crippen LogP contribution in [0.25, 0.3) is 11.0 Å². The summed E-state index contributed by atoms with van der Waals surface area (Å²) >= 11 is 6.41. The number of hydrogen-bond donors (Lipinski definition) is 1. The first kappa shape index (κ1) is 25.8. The van der Waals surface area contributed by atoms with Crippen LogP contribution in [0.4, 0.5) is 4.79 Å². The minimum absolute atomic E-state index is 0.191. The van der Waals surface area contributed by atoms with Gasteiger partial charge in [-0.05, 0) is 55.2 Å². The molecule has 1 heterocycles. The average molecular weight is 512 g/mol. The van der Waals surface area contributed by atoms with E-state index in [0.29, 0.717) is 30.0 Å². The summed E-state index contributed by atoms with van der Waals surface area (Å²) in [4.78, 5) is 36.7. The third-order valence-corrected chi connectivity index (χ3v) is 6.84. The molecule has 0 atom stereocenters. The Labute approximate surface area is 214 Å². The number of aryl methyl sites for hydroxylation is 1. The van der Waals surface area contributed by atoms with Gasteiger partial charge in [0.15, 0.2) is 5.75 Å². The second-order valence-corrected chi connectivity index (χ2v) is 9.61. The molecule has 8 heteroatoms. The maximum atomic E-state index is 12.8. The van der Waals surface area contributed by atoms with Crippen molar-refractivity contribution >= 4 is 34.6 Å². The first-order chi connectivity index (χ1) is 17.4. The van der Waals surface area contributed by atoms with Crippen LogP contribution in [0.2, 0.25) is 5.02 Å². The van der Waals surface area contributed by atoms with Gasteiger partial charge in [0.1, 0.15) is 12.2 Å². The van der Waals surface area contributed by atoms with Crippen LogP contribution in [0.3, 0.4) is 0 Å². The quantitative estimate of drug-likeness (QED) is 0.225. The Hall–Kier alpha value is -3.32. The van der Waals surface area contributed by atoms with E-state index in [0.717, 1.165) is 42.2 Å². The van der Waals surface area contributed by atoms with Gasteiger partial charge in [0.2, 0.25) is 0 Å². The lowest BCUT2D eigenvalue weighted by Crippen LogP contribution is -2.33. The molecular weight excluding hydrogens is 482 g/mol. The number of carbonyl (C=O) groups excluding carboxylic acids is 2. The Bertz CT molecular complexity index is 1260. The topological polar surface area (TPSA) is 94.8 Å². The number of rotatable bonds is 8. The van der Waals surface area contributed by atoms with Crippen molar-refractivity contribution in [2.24, 2.45) is 11.8 Å². The monoisotopic (exact) mass is 511 g/mol. The zero-order valence-electron chi connectivity index (χ0n) is 20.3. The first-order valence-electron chi connectivity index (χ1n) is 12.4. The van der Waals surface area contributed by atoms with E-state index >= 15 is 0 Å². The van der Waals surface area contributed by atoms with Gasteiger partial charge in [-0.3, -0.25) is 4.79 Å². The van der Waals surface area contributed by atoms with Crippen molar-refractivity contribution in [3.8, 4) is 5.75 Å². The van der Waals surface area contributed by atoms with Gasteiger partial charge in [-0.15, -0.1) is 0 Å². The molecule has 1 saturated carbocycles. The molecule has 1 aliphatic rings. The summed E-state index contributed by atoms with van der Waals surface area (Å²) in [7, 11) is 0. The number of amides is 1. The molecule has 0 unspecified atom stereocenters. The van der Waals surface area contributed by atoms with Crippen LogP contribution < -0.4 is 15.7 Å². The van der Waals surface area contributed by atoms with Gasteiger partial charge in [0.25, 0.3) is 0 Å². The third kappa shape index (κ3) is 6.66. The van der Waals surface area contributed by atoms with Gasteiger partial charge in [-0.1, -0.05) is 55.3 Å². The zero-order chi connectivity index (χ0) is 25.5. The third-order valence-electron chi connectivity index (χ3n) is 6.54. The molecule has 0 bridgehead atoms. The predicted octanol–water partition coefficient (Wildman–Crippen LogP) is 6.04. The SMILES string of the molecule is CCCc1cc(=O)oc2cc(OC(=O)C3CCC(CNC(=O)OCc4ccccc4)CC3)c(Cl)cc12. The van der Waals surface area contributed by atoms with Crippen molar-refractivity contribution in [1.29, 1.82) is 0 Å². The van der Waals surface area contributed by atoms with Crippen LogP contribution in [0.15, 0.2) is 57.7 Å². The molecule has 7 nitrogen and oxygen atoms in total. The number of hydrogen-bond acceptors (Lipinski definition) is 6. The molecule has 36 heavy (non-hydrogen) atoms. The second-order valence-electron chi connectivity index (χ2n) is 9.20. The summed E-state index contributed by atoms with van der Waals surface area (Å²) in [5.41, 5.74) is 1.70. The number of ether oxygens (including phenoxy) is 2. The summed E-state index contributed by atoms with van der Waals surface area (Å²) in [5.74, 6) is -0.141. The van der Waals surface area contributed by atoms with Gasteiger partial charge in [0.05, 0.1) is 10.9 Å². The smallest absolute Gasteiger partial charge is 0.407 e. The second kappa shape index (κ2) is 12.1. The summed E-state index contributed by atoms with van der Waals surface area (Å²) in [6, 6.07) is 14.2. The molecule has 0 aliphatic heterocycles. The van der Waals surface area contributed by atoms with Crippen LogP contribution in [-0.4, -0.2) is 18.6 Å². The van der Waals surface area contributed by atoms with Crippen LogP contribution in [0.5, 0.6) is 5.75 Å². The summed E-state index contributed by atoms with van der Waals surface area (Å²) in [6.07, 6.45) is 4.05. The van der Waals surface area contributed by atoms with E-state index in [1.807, 2.05) is 37.3 Å². The summed E-state index contributed by atoms with van der Waals surface area (Å²) in [5, 5.41) is 3.87. The van der Waals surface area contributed by atoms with E-state index in [9.17, 15) is 14.4 Å². The number of esters is 1. The van der Waals surface area contributed by atoms with Gasteiger partial charge >= 0.3 is 17.7 Å². The van der Waals surface area contributed by atoms with E-state index in [2.05, 4.69) is 5.32 Å². The molecule has 4 rings (SSSR count). The molecule has 2 aromatic carbocycles. The zero-order valence-corrected chi connectivity index (χ0v) is 21.0. The van der Waals surface area contributed by atoms with Crippen molar-refractivity contribution in [3.63, 3.8) is 0 Å². The maximum absolute atomic E-state index is 12.8. The van der Waals surface area contributed by atoms with E-state index < -0.39 is 11.7 Å². The molecule has 1 aliphatic carbocycles. The van der Waals surface area contributed by atoms with Crippen molar-refractivity contribution in [2.75, 3.05) is 6.54 Å². The Morgan fingerprint density at radius 3 is 2.56 bits per heavy atom. The van der Waals surface area contributed by atoms with Gasteiger partial charge in [0, 0.05) is 24.1 Å². The molecule has 190 valence electrons. The maximum Gasteiger partial charge on any atom is 0.407 e. The van der Waals surface area contributed by atoms with Crippen molar-refractivity contribution < 1.29 is 23.5 Å². The van der Waals surface area contributed by atoms with Crippen LogP contribution >= 0.6 is 11.6 Å². The van der Waals surface area contributed by atoms with Crippen LogP contribution in [0, 0.1) is 11.8 Å². The fourth-order valence-electron chi connectivity index (χ4n) is 4.58. The Kier molecular flexibility index (Phi) is 8.65. The molecule has 0 radical (unpaired) electrons. The Balaban J connectivity index is 1.27. The standard InChI is InChI=1S/C28H30ClNO6/c1-2-6-21-13-26(31)35-24-15-25(23(29)14-22(21)24)36-27(32)20-11-9-18(10-12-20)16-30-28(33)34-17-19-7-4-3-5-8-19/h3-5,7-8,13-15,18,20H,2,6,9-12,16-17H2,1H3,(H,30,33). The van der Waals surface area contributed by atoms with Crippen LogP contribution in [0.1, 0.15) is 50.2 Å². The molecule has 1 amide bonds. The molecule has 1 N–H and O–H groups in total. The van der Waals surface area contributed by atoms with E-state index in [4.69, 9.17) is 25.5 Å². The minimum Gasteiger partial charge on any atom is -0.445 e. The van der Waals surface area contributed by atoms with Gasteiger partial charge in [-0.25, -0.2) is 9.59 Å². The molecular formula is C28H30ClNO6. The summed E-state index contributed by atoms with van der Waals surface area (Å²) < 4.78 is 16.2. The highest BCUT2D eigenvalue weighted by Crippen LogP contribution is 2.34. The minimum atomic E-state index is -0.444. The normalized spacial score (nSPS) is 17.5. The van der Waals surface area contributed by atoms with E-state index in [1.54, 1.807) is 6.07 Å². The van der Waals surface area contributed by atoms with E-state index in [1.165, 1.54) is 12.1 Å². The molecule has 0 spiro atoms. The Morgan fingerprint density at radius 2 is 1.83 bits per heavy atom. The fourth-order valence-corrected chi connectivity index (χ4v) is 4.78. The van der Waals surface area contributed by atoms with Gasteiger partial charge < -0.3 is 19.2 Å². The fraction of sp³-hybridized carbons (Fsp3) is 0.393. The number of carbonyl (C=O) groups is 2. The first-order valence-corrected chi connectivity index (χ1v) is 12.7. The Morgan fingerprint density at radius 1 is 1.08 bits per heavy atom. The molecule has 1 fully saturated rings. The number of alkyl carbamates (subject to hydrolysis) is 1. The number of fused-ring (bicyclic) bond motifs is 1. The largest absolute Gasteiger partial charge is 0.445 e. The molecule has 0 saturated heterocycles. The number of halogens is 1. The lowest BCUT2D eigenvalue weighted by Gasteiger charge is -2.27. The highest BCUT2D eigenvalue weighted by molar-refractivity contribution is 6.33.